The zero-order chi connectivity index (χ0) is 29.7. The molecule has 1 aromatic heterocycles. The number of benzene rings is 3. The molecule has 0 radical (unpaired) electrons. The van der Waals surface area contributed by atoms with E-state index in [9.17, 15) is 24.3 Å². The summed E-state index contributed by atoms with van der Waals surface area (Å²) in [6.07, 6.45) is 0.301. The van der Waals surface area contributed by atoms with Gasteiger partial charge < -0.3 is 20.1 Å². The van der Waals surface area contributed by atoms with Crippen LogP contribution in [-0.4, -0.2) is 58.0 Å². The molecule has 0 saturated carbocycles. The average Bonchev–Trinajstić information content (AvgIpc) is 3.48. The molecule has 2 aliphatic rings. The van der Waals surface area contributed by atoms with Crippen LogP contribution in [0.25, 0.3) is 10.9 Å². The highest BCUT2D eigenvalue weighted by molar-refractivity contribution is 6.24. The number of aliphatic carboxylic acids is 1. The number of H-pyrrole nitrogens is 1. The standard InChI is InChI=1S/C32H30N4O6/c1-17(2)26(31(39)40)34-29(37)21-9-5-7-11-24(21)36-30(38)25-16-22-20-8-4-6-10-23(20)33-27(22)28(35(25)32(36)41)18-12-14-19(42-3)15-13-18/h4-15,17,25-26,28,33H,16H2,1-3H3,(H,34,37)(H,39,40)/t25-,26+,28-/m0/s1. The maximum atomic E-state index is 14.3. The second-order valence-electron chi connectivity index (χ2n) is 10.9. The number of methoxy groups -OCH3 is 1. The normalized spacial score (nSPS) is 18.7. The Bertz CT molecular complexity index is 1730. The number of aromatic amines is 1. The Hall–Kier alpha value is -5.12. The van der Waals surface area contributed by atoms with Gasteiger partial charge in [0.05, 0.1) is 18.4 Å². The number of aromatic nitrogens is 1. The van der Waals surface area contributed by atoms with Gasteiger partial charge in [0, 0.05) is 23.0 Å². The van der Waals surface area contributed by atoms with Crippen molar-refractivity contribution in [1.82, 2.24) is 15.2 Å². The number of nitrogens with zero attached hydrogens (tertiary/aromatic N) is 2. The molecule has 0 aliphatic carbocycles. The van der Waals surface area contributed by atoms with Crippen molar-refractivity contribution in [2.24, 2.45) is 5.92 Å². The van der Waals surface area contributed by atoms with E-state index < -0.39 is 41.9 Å². The number of urea groups is 1. The van der Waals surface area contributed by atoms with Gasteiger partial charge in [-0.2, -0.15) is 0 Å². The number of carbonyl (C=O) groups is 4. The van der Waals surface area contributed by atoms with Gasteiger partial charge in [-0.1, -0.05) is 56.3 Å². The van der Waals surface area contributed by atoms with E-state index in [1.54, 1.807) is 38.0 Å². The van der Waals surface area contributed by atoms with E-state index in [1.165, 1.54) is 12.1 Å². The maximum Gasteiger partial charge on any atom is 0.332 e. The maximum absolute atomic E-state index is 14.3. The number of hydrogen-bond donors (Lipinski definition) is 3. The van der Waals surface area contributed by atoms with E-state index in [-0.39, 0.29) is 17.2 Å². The van der Waals surface area contributed by atoms with Gasteiger partial charge in [-0.05, 0) is 47.4 Å². The second kappa shape index (κ2) is 10.4. The highest BCUT2D eigenvalue weighted by atomic mass is 16.5. The molecule has 0 unspecified atom stereocenters. The molecule has 3 N–H and O–H groups in total. The van der Waals surface area contributed by atoms with Gasteiger partial charge in [-0.15, -0.1) is 0 Å². The van der Waals surface area contributed by atoms with Gasteiger partial charge in [0.25, 0.3) is 11.8 Å². The number of anilines is 1. The minimum atomic E-state index is -1.17. The van der Waals surface area contributed by atoms with Crippen molar-refractivity contribution in [1.29, 1.82) is 0 Å². The Kier molecular flexibility index (Phi) is 6.68. The van der Waals surface area contributed by atoms with E-state index in [1.807, 2.05) is 48.5 Å². The van der Waals surface area contributed by atoms with Crippen molar-refractivity contribution in [3.8, 4) is 5.75 Å². The fourth-order valence-electron chi connectivity index (χ4n) is 6.02. The number of carbonyl (C=O) groups excluding carboxylic acids is 3. The fourth-order valence-corrected chi connectivity index (χ4v) is 6.02. The first-order chi connectivity index (χ1) is 20.2. The zero-order valence-electron chi connectivity index (χ0n) is 23.3. The summed E-state index contributed by atoms with van der Waals surface area (Å²) in [6.45, 7) is 3.38. The van der Waals surface area contributed by atoms with Gasteiger partial charge in [-0.25, -0.2) is 14.5 Å². The quantitative estimate of drug-likeness (QED) is 0.282. The largest absolute Gasteiger partial charge is 0.497 e. The molecule has 4 aromatic rings. The molecular formula is C32H30N4O6. The molecule has 10 nitrogen and oxygen atoms in total. The van der Waals surface area contributed by atoms with Gasteiger partial charge in [-0.3, -0.25) is 14.5 Å². The van der Waals surface area contributed by atoms with E-state index in [2.05, 4.69) is 10.3 Å². The topological polar surface area (TPSA) is 132 Å². The van der Waals surface area contributed by atoms with Gasteiger partial charge in [0.1, 0.15) is 23.9 Å². The fraction of sp³-hybridized carbons (Fsp3) is 0.250. The number of ether oxygens (including phenoxy) is 1. The molecule has 1 saturated heterocycles. The first-order valence-corrected chi connectivity index (χ1v) is 13.7. The monoisotopic (exact) mass is 566 g/mol. The summed E-state index contributed by atoms with van der Waals surface area (Å²) in [5.41, 5.74) is 3.64. The molecule has 2 aliphatic heterocycles. The van der Waals surface area contributed by atoms with E-state index in [0.717, 1.165) is 32.6 Å². The number of carboxylic acids is 1. The van der Waals surface area contributed by atoms with Gasteiger partial charge in [0.15, 0.2) is 0 Å². The minimum absolute atomic E-state index is 0.0379. The third kappa shape index (κ3) is 4.27. The molecule has 0 spiro atoms. The number of hydrogen-bond acceptors (Lipinski definition) is 5. The molecule has 1 fully saturated rings. The van der Waals surface area contributed by atoms with Crippen LogP contribution in [0.2, 0.25) is 0 Å². The molecular weight excluding hydrogens is 536 g/mol. The van der Waals surface area contributed by atoms with Gasteiger partial charge >= 0.3 is 12.0 Å². The summed E-state index contributed by atoms with van der Waals surface area (Å²) in [6, 6.07) is 18.4. The molecule has 42 heavy (non-hydrogen) atoms. The summed E-state index contributed by atoms with van der Waals surface area (Å²) in [5.74, 6) is -2.02. The van der Waals surface area contributed by atoms with Crippen molar-refractivity contribution >= 4 is 40.4 Å². The zero-order valence-corrected chi connectivity index (χ0v) is 23.3. The lowest BCUT2D eigenvalue weighted by molar-refractivity contribution is -0.140. The van der Waals surface area contributed by atoms with Crippen LogP contribution in [0.1, 0.15) is 47.1 Å². The number of rotatable bonds is 7. The third-order valence-electron chi connectivity index (χ3n) is 8.09. The lowest BCUT2D eigenvalue weighted by Crippen LogP contribution is -2.45. The van der Waals surface area contributed by atoms with Crippen molar-refractivity contribution < 1.29 is 29.0 Å². The summed E-state index contributed by atoms with van der Waals surface area (Å²) >= 11 is 0. The highest BCUT2D eigenvalue weighted by Crippen LogP contribution is 2.45. The van der Waals surface area contributed by atoms with Crippen LogP contribution < -0.4 is 15.0 Å². The van der Waals surface area contributed by atoms with Crippen molar-refractivity contribution in [3.63, 3.8) is 0 Å². The first-order valence-electron chi connectivity index (χ1n) is 13.7. The van der Waals surface area contributed by atoms with E-state index in [0.29, 0.717) is 12.2 Å². The lowest BCUT2D eigenvalue weighted by atomic mass is 9.89. The average molecular weight is 567 g/mol. The SMILES string of the molecule is COc1ccc([C@H]2c3[nH]c4ccccc4c3C[C@H]3C(=O)N(c4ccccc4C(=O)N[C@@H](C(=O)O)C(C)C)C(=O)N23)cc1. The van der Waals surface area contributed by atoms with E-state index >= 15 is 0 Å². The van der Waals surface area contributed by atoms with Crippen LogP contribution in [-0.2, 0) is 16.0 Å². The number of amides is 4. The minimum Gasteiger partial charge on any atom is -0.497 e. The Morgan fingerprint density at radius 3 is 2.38 bits per heavy atom. The molecule has 3 aromatic carbocycles. The first kappa shape index (κ1) is 27.1. The van der Waals surface area contributed by atoms with Crippen LogP contribution in [0, 0.1) is 5.92 Å². The molecule has 0 bridgehead atoms. The molecule has 4 amide bonds. The van der Waals surface area contributed by atoms with Crippen LogP contribution in [0.5, 0.6) is 5.75 Å². The number of para-hydroxylation sites is 2. The molecule has 214 valence electrons. The predicted octanol–water partition coefficient (Wildman–Crippen LogP) is 4.50. The Morgan fingerprint density at radius 2 is 1.69 bits per heavy atom. The van der Waals surface area contributed by atoms with Gasteiger partial charge in [0.2, 0.25) is 0 Å². The predicted molar refractivity (Wildman–Crippen MR) is 156 cm³/mol. The molecule has 6 rings (SSSR count). The van der Waals surface area contributed by atoms with Crippen LogP contribution in [0.15, 0.2) is 72.8 Å². The smallest absolute Gasteiger partial charge is 0.332 e. The molecule has 3 atom stereocenters. The Morgan fingerprint density at radius 1 is 1.00 bits per heavy atom. The Labute approximate surface area is 241 Å². The van der Waals surface area contributed by atoms with E-state index in [4.69, 9.17) is 4.74 Å². The number of nitrogens with one attached hydrogen (secondary N) is 2. The lowest BCUT2D eigenvalue weighted by Gasteiger charge is -2.36. The van der Waals surface area contributed by atoms with Crippen molar-refractivity contribution in [2.75, 3.05) is 12.0 Å². The summed E-state index contributed by atoms with van der Waals surface area (Å²) < 4.78 is 5.34. The number of carboxylic acid groups (broad SMARTS) is 1. The van der Waals surface area contributed by atoms with Crippen molar-refractivity contribution in [3.05, 3.63) is 95.2 Å². The second-order valence-corrected chi connectivity index (χ2v) is 10.9. The molecule has 10 heteroatoms. The number of imide groups is 1. The van der Waals surface area contributed by atoms with Crippen molar-refractivity contribution in [2.45, 2.75) is 38.4 Å². The third-order valence-corrected chi connectivity index (χ3v) is 8.09. The summed E-state index contributed by atoms with van der Waals surface area (Å²) in [5, 5.41) is 13.1. The van der Waals surface area contributed by atoms with Crippen LogP contribution >= 0.6 is 0 Å². The Balaban J connectivity index is 1.44. The highest BCUT2D eigenvalue weighted by Gasteiger charge is 2.53. The number of fused-ring (bicyclic) bond motifs is 4. The summed E-state index contributed by atoms with van der Waals surface area (Å²) in [7, 11) is 1.58. The van der Waals surface area contributed by atoms with Crippen LogP contribution in [0.3, 0.4) is 0 Å². The summed E-state index contributed by atoms with van der Waals surface area (Å²) in [4.78, 5) is 59.6. The van der Waals surface area contributed by atoms with Crippen LogP contribution in [0.4, 0.5) is 10.5 Å². The molecule has 3 heterocycles.